The van der Waals surface area contributed by atoms with Crippen LogP contribution < -0.4 is 4.90 Å². The summed E-state index contributed by atoms with van der Waals surface area (Å²) in [7, 11) is 0. The van der Waals surface area contributed by atoms with Gasteiger partial charge in [0.25, 0.3) is 11.8 Å². The van der Waals surface area contributed by atoms with E-state index in [1.54, 1.807) is 38.9 Å². The second kappa shape index (κ2) is 7.35. The minimum atomic E-state index is -0.484. The normalized spacial score (nSPS) is 19.3. The van der Waals surface area contributed by atoms with Gasteiger partial charge in [-0.3, -0.25) is 14.3 Å². The number of morpholine rings is 1. The molecule has 1 aromatic heterocycles. The lowest BCUT2D eigenvalue weighted by Crippen LogP contribution is -2.59. The van der Waals surface area contributed by atoms with Crippen LogP contribution in [0.25, 0.3) is 0 Å². The summed E-state index contributed by atoms with van der Waals surface area (Å²) < 4.78 is 20.9. The maximum absolute atomic E-state index is 13.2. The fourth-order valence-corrected chi connectivity index (χ4v) is 3.80. The first-order chi connectivity index (χ1) is 13.5. The Morgan fingerprint density at radius 3 is 2.57 bits per heavy atom. The van der Waals surface area contributed by atoms with Crippen LogP contribution in [-0.2, 0) is 16.1 Å². The smallest absolute Gasteiger partial charge is 0.274 e. The number of aryl methyl sites for hydroxylation is 1. The summed E-state index contributed by atoms with van der Waals surface area (Å²) in [5.41, 5.74) is 0.630. The average Bonchev–Trinajstić information content (AvgIpc) is 3.20. The van der Waals surface area contributed by atoms with Gasteiger partial charge >= 0.3 is 0 Å². The highest BCUT2D eigenvalue weighted by molar-refractivity contribution is 5.95. The van der Waals surface area contributed by atoms with Crippen molar-refractivity contribution in [2.75, 3.05) is 31.1 Å². The molecule has 2 saturated heterocycles. The summed E-state index contributed by atoms with van der Waals surface area (Å²) in [6.45, 7) is 4.18. The van der Waals surface area contributed by atoms with Crippen LogP contribution in [0.5, 0.6) is 0 Å². The highest BCUT2D eigenvalue weighted by Gasteiger charge is 2.43. The lowest BCUT2D eigenvalue weighted by atomic mass is 9.89. The van der Waals surface area contributed by atoms with Gasteiger partial charge in [-0.25, -0.2) is 4.39 Å². The molecule has 3 heterocycles. The van der Waals surface area contributed by atoms with E-state index >= 15 is 0 Å². The molecule has 2 amide bonds. The summed E-state index contributed by atoms with van der Waals surface area (Å²) >= 11 is 0. The summed E-state index contributed by atoms with van der Waals surface area (Å²) in [6, 6.07) is 7.65. The second-order valence-electron chi connectivity index (χ2n) is 7.28. The fourth-order valence-electron chi connectivity index (χ4n) is 3.80. The van der Waals surface area contributed by atoms with Crippen LogP contribution in [0.1, 0.15) is 30.3 Å². The van der Waals surface area contributed by atoms with Crippen LogP contribution in [-0.4, -0.2) is 58.3 Å². The fraction of sp³-hybridized carbons (Fsp3) is 0.450. The van der Waals surface area contributed by atoms with Gasteiger partial charge in [-0.05, 0) is 50.1 Å². The van der Waals surface area contributed by atoms with Crippen molar-refractivity contribution in [3.63, 3.8) is 0 Å². The molecule has 0 N–H and O–H groups in total. The molecule has 2 aliphatic heterocycles. The number of ether oxygens (including phenoxy) is 1. The van der Waals surface area contributed by atoms with Crippen molar-refractivity contribution in [3.8, 4) is 0 Å². The molecule has 8 heteroatoms. The molecule has 2 aromatic rings. The number of carbonyl (C=O) groups excluding carboxylic acids is 2. The van der Waals surface area contributed by atoms with E-state index in [9.17, 15) is 14.0 Å². The van der Waals surface area contributed by atoms with Crippen LogP contribution >= 0.6 is 0 Å². The van der Waals surface area contributed by atoms with Crippen LogP contribution in [0.4, 0.5) is 10.1 Å². The molecule has 0 radical (unpaired) electrons. The molecule has 4 rings (SSSR count). The van der Waals surface area contributed by atoms with Crippen molar-refractivity contribution in [3.05, 3.63) is 48.0 Å². The number of anilines is 1. The minimum absolute atomic E-state index is 0.00771. The van der Waals surface area contributed by atoms with E-state index in [1.807, 2.05) is 6.92 Å². The Bertz CT molecular complexity index is 872. The van der Waals surface area contributed by atoms with Crippen LogP contribution in [0.15, 0.2) is 36.5 Å². The van der Waals surface area contributed by atoms with Gasteiger partial charge < -0.3 is 14.5 Å². The molecule has 1 spiro atoms. The standard InChI is InChI=1S/C20H23FN4O3/c1-2-24-10-7-17(22-24)19(27)23-11-8-20(9-12-23)14-25(18(26)13-28-20)16-5-3-15(21)4-6-16/h3-7,10H,2,8-9,11-14H2,1H3. The van der Waals surface area contributed by atoms with Crippen LogP contribution in [0.3, 0.4) is 0 Å². The Balaban J connectivity index is 1.43. The highest BCUT2D eigenvalue weighted by atomic mass is 19.1. The first-order valence-electron chi connectivity index (χ1n) is 9.52. The zero-order valence-electron chi connectivity index (χ0n) is 15.8. The van der Waals surface area contributed by atoms with E-state index in [1.165, 1.54) is 12.1 Å². The second-order valence-corrected chi connectivity index (χ2v) is 7.28. The van der Waals surface area contributed by atoms with Crippen LogP contribution in [0, 0.1) is 5.82 Å². The Kier molecular flexibility index (Phi) is 4.89. The highest BCUT2D eigenvalue weighted by Crippen LogP contribution is 2.33. The van der Waals surface area contributed by atoms with Gasteiger partial charge in [0.2, 0.25) is 0 Å². The Hall–Kier alpha value is -2.74. The maximum Gasteiger partial charge on any atom is 0.274 e. The third-order valence-corrected chi connectivity index (χ3v) is 5.53. The Morgan fingerprint density at radius 2 is 1.93 bits per heavy atom. The molecule has 0 saturated carbocycles. The molecule has 0 atom stereocenters. The lowest BCUT2D eigenvalue weighted by Gasteiger charge is -2.46. The van der Waals surface area contributed by atoms with E-state index in [2.05, 4.69) is 5.10 Å². The molecule has 2 fully saturated rings. The zero-order valence-corrected chi connectivity index (χ0v) is 15.8. The molecular weight excluding hydrogens is 363 g/mol. The molecule has 0 aliphatic carbocycles. The quantitative estimate of drug-likeness (QED) is 0.810. The largest absolute Gasteiger partial charge is 0.363 e. The molecule has 2 aliphatic rings. The zero-order chi connectivity index (χ0) is 19.7. The molecule has 28 heavy (non-hydrogen) atoms. The van der Waals surface area contributed by atoms with Crippen molar-refractivity contribution in [2.45, 2.75) is 31.9 Å². The number of halogens is 1. The Labute approximate surface area is 162 Å². The summed E-state index contributed by atoms with van der Waals surface area (Å²) in [5, 5.41) is 4.29. The maximum atomic E-state index is 13.2. The van der Waals surface area contributed by atoms with E-state index in [0.717, 1.165) is 6.54 Å². The van der Waals surface area contributed by atoms with E-state index in [4.69, 9.17) is 4.74 Å². The first-order valence-corrected chi connectivity index (χ1v) is 9.52. The summed E-state index contributed by atoms with van der Waals surface area (Å²) in [6.07, 6.45) is 3.07. The van der Waals surface area contributed by atoms with Crippen molar-refractivity contribution in [1.82, 2.24) is 14.7 Å². The number of amides is 2. The van der Waals surface area contributed by atoms with Gasteiger partial charge in [0.1, 0.15) is 18.1 Å². The number of carbonyl (C=O) groups is 2. The van der Waals surface area contributed by atoms with E-state index in [0.29, 0.717) is 43.9 Å². The third kappa shape index (κ3) is 3.52. The molecule has 1 aromatic carbocycles. The lowest BCUT2D eigenvalue weighted by molar-refractivity contribution is -0.143. The summed E-state index contributed by atoms with van der Waals surface area (Å²) in [4.78, 5) is 28.4. The number of piperidine rings is 1. The van der Waals surface area contributed by atoms with Gasteiger partial charge in [0.05, 0.1) is 12.1 Å². The minimum Gasteiger partial charge on any atom is -0.363 e. The van der Waals surface area contributed by atoms with Crippen molar-refractivity contribution < 1.29 is 18.7 Å². The average molecular weight is 386 g/mol. The first kappa shape index (κ1) is 18.6. The van der Waals surface area contributed by atoms with Crippen molar-refractivity contribution >= 4 is 17.5 Å². The van der Waals surface area contributed by atoms with Crippen molar-refractivity contribution in [1.29, 1.82) is 0 Å². The van der Waals surface area contributed by atoms with Crippen LogP contribution in [0.2, 0.25) is 0 Å². The van der Waals surface area contributed by atoms with Gasteiger partial charge in [-0.15, -0.1) is 0 Å². The van der Waals surface area contributed by atoms with Gasteiger partial charge in [-0.1, -0.05) is 0 Å². The summed E-state index contributed by atoms with van der Waals surface area (Å²) in [5.74, 6) is -0.554. The predicted octanol–water partition coefficient (Wildman–Crippen LogP) is 2.08. The topological polar surface area (TPSA) is 67.7 Å². The molecular formula is C20H23FN4O3. The van der Waals surface area contributed by atoms with Crippen molar-refractivity contribution in [2.24, 2.45) is 0 Å². The number of aromatic nitrogens is 2. The van der Waals surface area contributed by atoms with Gasteiger partial charge in [0.15, 0.2) is 0 Å². The molecule has 148 valence electrons. The van der Waals surface area contributed by atoms with E-state index in [-0.39, 0.29) is 24.2 Å². The molecule has 7 nitrogen and oxygen atoms in total. The third-order valence-electron chi connectivity index (χ3n) is 5.53. The molecule has 0 unspecified atom stereocenters. The number of likely N-dealkylation sites (tertiary alicyclic amines) is 1. The van der Waals surface area contributed by atoms with E-state index < -0.39 is 5.60 Å². The molecule has 0 bridgehead atoms. The number of nitrogens with zero attached hydrogens (tertiary/aromatic N) is 4. The Morgan fingerprint density at radius 1 is 1.21 bits per heavy atom. The number of hydrogen-bond acceptors (Lipinski definition) is 4. The van der Waals surface area contributed by atoms with Gasteiger partial charge in [-0.2, -0.15) is 5.10 Å². The number of hydrogen-bond donors (Lipinski definition) is 0. The van der Waals surface area contributed by atoms with Gasteiger partial charge in [0, 0.05) is 31.5 Å². The monoisotopic (exact) mass is 386 g/mol. The predicted molar refractivity (Wildman–Crippen MR) is 100 cm³/mol. The number of benzene rings is 1. The SMILES string of the molecule is CCn1ccc(C(=O)N2CCC3(CC2)CN(c2ccc(F)cc2)C(=O)CO3)n1. The number of rotatable bonds is 3.